The van der Waals surface area contributed by atoms with Gasteiger partial charge in [0.25, 0.3) is 5.91 Å². The molecule has 4 nitrogen and oxygen atoms in total. The van der Waals surface area contributed by atoms with Crippen LogP contribution in [-0.4, -0.2) is 10.9 Å². The van der Waals surface area contributed by atoms with Crippen molar-refractivity contribution in [3.8, 4) is 0 Å². The van der Waals surface area contributed by atoms with Crippen molar-refractivity contribution in [2.24, 2.45) is 0 Å². The maximum absolute atomic E-state index is 11.7. The van der Waals surface area contributed by atoms with E-state index in [-0.39, 0.29) is 11.7 Å². The Morgan fingerprint density at radius 2 is 2.00 bits per heavy atom. The van der Waals surface area contributed by atoms with Crippen molar-refractivity contribution < 1.29 is 9.21 Å². The van der Waals surface area contributed by atoms with Crippen molar-refractivity contribution in [2.75, 3.05) is 0 Å². The Labute approximate surface area is 99.7 Å². The third-order valence-corrected chi connectivity index (χ3v) is 2.42. The highest BCUT2D eigenvalue weighted by Gasteiger charge is 2.09. The molecule has 0 aliphatic rings. The second kappa shape index (κ2) is 4.82. The average Bonchev–Trinajstić information content (AvgIpc) is 2.75. The number of hydrogen-bond acceptors (Lipinski definition) is 3. The summed E-state index contributed by atoms with van der Waals surface area (Å²) in [4.78, 5) is 15.5. The van der Waals surface area contributed by atoms with Crippen molar-refractivity contribution in [3.63, 3.8) is 0 Å². The van der Waals surface area contributed by atoms with Crippen molar-refractivity contribution in [1.82, 2.24) is 10.3 Å². The van der Waals surface area contributed by atoms with Crippen LogP contribution in [0.3, 0.4) is 0 Å². The molecule has 1 heterocycles. The Morgan fingerprint density at radius 1 is 1.29 bits per heavy atom. The number of carbonyl (C=O) groups excluding carboxylic acids is 1. The quantitative estimate of drug-likeness (QED) is 0.879. The smallest absolute Gasteiger partial charge is 0.288 e. The maximum Gasteiger partial charge on any atom is 0.288 e. The Balaban J connectivity index is 1.94. The first-order chi connectivity index (χ1) is 8.15. The van der Waals surface area contributed by atoms with Gasteiger partial charge in [-0.1, -0.05) is 29.8 Å². The van der Waals surface area contributed by atoms with E-state index in [1.807, 2.05) is 31.2 Å². The van der Waals surface area contributed by atoms with Gasteiger partial charge in [-0.3, -0.25) is 4.79 Å². The van der Waals surface area contributed by atoms with Gasteiger partial charge in [0.15, 0.2) is 5.89 Å². The number of aromatic nitrogens is 1. The number of amides is 1. The van der Waals surface area contributed by atoms with E-state index in [1.54, 1.807) is 6.92 Å². The zero-order valence-electron chi connectivity index (χ0n) is 9.86. The Kier molecular flexibility index (Phi) is 3.23. The highest BCUT2D eigenvalue weighted by molar-refractivity contribution is 5.91. The molecule has 0 fully saturated rings. The molecule has 0 aliphatic carbocycles. The molecule has 1 amide bonds. The van der Waals surface area contributed by atoms with Crippen LogP contribution in [0.15, 0.2) is 34.9 Å². The highest BCUT2D eigenvalue weighted by atomic mass is 16.4. The summed E-state index contributed by atoms with van der Waals surface area (Å²) in [6, 6.07) is 8.00. The lowest BCUT2D eigenvalue weighted by atomic mass is 10.1. The number of oxazole rings is 1. The maximum atomic E-state index is 11.7. The molecular weight excluding hydrogens is 216 g/mol. The fourth-order valence-corrected chi connectivity index (χ4v) is 1.44. The van der Waals surface area contributed by atoms with E-state index < -0.39 is 0 Å². The molecule has 0 unspecified atom stereocenters. The second-order valence-corrected chi connectivity index (χ2v) is 3.91. The molecule has 0 saturated heterocycles. The van der Waals surface area contributed by atoms with Gasteiger partial charge in [-0.25, -0.2) is 4.98 Å². The number of benzene rings is 1. The molecular formula is C13H14N2O2. The number of nitrogens with zero attached hydrogens (tertiary/aromatic N) is 1. The standard InChI is InChI=1S/C13H14N2O2/c1-9-3-5-11(6-4-9)7-15-13(16)12-8-14-10(2)17-12/h3-6,8H,7H2,1-2H3,(H,15,16). The molecule has 0 spiro atoms. The van der Waals surface area contributed by atoms with Gasteiger partial charge >= 0.3 is 0 Å². The first kappa shape index (κ1) is 11.4. The van der Waals surface area contributed by atoms with Crippen molar-refractivity contribution in [2.45, 2.75) is 20.4 Å². The summed E-state index contributed by atoms with van der Waals surface area (Å²) in [6.45, 7) is 4.22. The van der Waals surface area contributed by atoms with Gasteiger partial charge < -0.3 is 9.73 Å². The van der Waals surface area contributed by atoms with Crippen molar-refractivity contribution in [3.05, 3.63) is 53.2 Å². The lowest BCUT2D eigenvalue weighted by molar-refractivity contribution is 0.0922. The van der Waals surface area contributed by atoms with Crippen LogP contribution in [-0.2, 0) is 6.54 Å². The molecule has 1 aromatic carbocycles. The molecule has 2 aromatic rings. The third-order valence-electron chi connectivity index (χ3n) is 2.42. The summed E-state index contributed by atoms with van der Waals surface area (Å²) < 4.78 is 5.13. The van der Waals surface area contributed by atoms with Crippen LogP contribution in [0, 0.1) is 13.8 Å². The summed E-state index contributed by atoms with van der Waals surface area (Å²) in [6.07, 6.45) is 1.43. The third kappa shape index (κ3) is 2.93. The molecule has 1 N–H and O–H groups in total. The Hall–Kier alpha value is -2.10. The normalized spacial score (nSPS) is 10.2. The molecule has 0 saturated carbocycles. The summed E-state index contributed by atoms with van der Waals surface area (Å²) >= 11 is 0. The lowest BCUT2D eigenvalue weighted by Gasteiger charge is -2.03. The van der Waals surface area contributed by atoms with Crippen LogP contribution in [0.5, 0.6) is 0 Å². The molecule has 2 rings (SSSR count). The monoisotopic (exact) mass is 230 g/mol. The SMILES string of the molecule is Cc1ccc(CNC(=O)c2cnc(C)o2)cc1. The second-order valence-electron chi connectivity index (χ2n) is 3.91. The molecule has 4 heteroatoms. The first-order valence-corrected chi connectivity index (χ1v) is 5.41. The van der Waals surface area contributed by atoms with Crippen LogP contribution >= 0.6 is 0 Å². The molecule has 17 heavy (non-hydrogen) atoms. The largest absolute Gasteiger partial charge is 0.436 e. The van der Waals surface area contributed by atoms with E-state index in [4.69, 9.17) is 4.42 Å². The van der Waals surface area contributed by atoms with E-state index in [2.05, 4.69) is 10.3 Å². The van der Waals surface area contributed by atoms with Gasteiger partial charge in [0.2, 0.25) is 5.76 Å². The topological polar surface area (TPSA) is 55.1 Å². The van der Waals surface area contributed by atoms with Crippen LogP contribution in [0.2, 0.25) is 0 Å². The summed E-state index contributed by atoms with van der Waals surface area (Å²) in [5.41, 5.74) is 2.26. The van der Waals surface area contributed by atoms with Crippen molar-refractivity contribution >= 4 is 5.91 Å². The molecule has 0 atom stereocenters. The van der Waals surface area contributed by atoms with E-state index in [9.17, 15) is 4.79 Å². The number of carbonyl (C=O) groups is 1. The van der Waals surface area contributed by atoms with Gasteiger partial charge in [-0.15, -0.1) is 0 Å². The lowest BCUT2D eigenvalue weighted by Crippen LogP contribution is -2.22. The molecule has 0 aliphatic heterocycles. The van der Waals surface area contributed by atoms with Crippen LogP contribution in [0.25, 0.3) is 0 Å². The van der Waals surface area contributed by atoms with Crippen molar-refractivity contribution in [1.29, 1.82) is 0 Å². The number of hydrogen-bond donors (Lipinski definition) is 1. The van der Waals surface area contributed by atoms with E-state index in [0.29, 0.717) is 12.4 Å². The minimum atomic E-state index is -0.244. The predicted molar refractivity (Wildman–Crippen MR) is 63.6 cm³/mol. The van der Waals surface area contributed by atoms with Crippen LogP contribution in [0.1, 0.15) is 27.6 Å². The van der Waals surface area contributed by atoms with Gasteiger partial charge in [0.05, 0.1) is 6.20 Å². The summed E-state index contributed by atoms with van der Waals surface area (Å²) in [5, 5.41) is 2.78. The summed E-state index contributed by atoms with van der Waals surface area (Å²) in [5.74, 6) is 0.492. The zero-order chi connectivity index (χ0) is 12.3. The Morgan fingerprint density at radius 3 is 2.59 bits per heavy atom. The van der Waals surface area contributed by atoms with E-state index in [0.717, 1.165) is 5.56 Å². The van der Waals surface area contributed by atoms with Gasteiger partial charge in [-0.05, 0) is 12.5 Å². The molecule has 0 radical (unpaired) electrons. The van der Waals surface area contributed by atoms with Crippen LogP contribution < -0.4 is 5.32 Å². The van der Waals surface area contributed by atoms with Gasteiger partial charge in [-0.2, -0.15) is 0 Å². The summed E-state index contributed by atoms with van der Waals surface area (Å²) in [7, 11) is 0. The minimum absolute atomic E-state index is 0.244. The first-order valence-electron chi connectivity index (χ1n) is 5.41. The fourth-order valence-electron chi connectivity index (χ4n) is 1.44. The molecule has 1 aromatic heterocycles. The molecule has 0 bridgehead atoms. The number of aryl methyl sites for hydroxylation is 2. The fraction of sp³-hybridized carbons (Fsp3) is 0.231. The van der Waals surface area contributed by atoms with Gasteiger partial charge in [0.1, 0.15) is 0 Å². The minimum Gasteiger partial charge on any atom is -0.436 e. The molecule has 88 valence electrons. The Bertz CT molecular complexity index is 514. The van der Waals surface area contributed by atoms with E-state index in [1.165, 1.54) is 11.8 Å². The van der Waals surface area contributed by atoms with E-state index >= 15 is 0 Å². The number of rotatable bonds is 3. The zero-order valence-corrected chi connectivity index (χ0v) is 9.86. The predicted octanol–water partition coefficient (Wildman–Crippen LogP) is 2.22. The van der Waals surface area contributed by atoms with Gasteiger partial charge in [0, 0.05) is 13.5 Å². The van der Waals surface area contributed by atoms with Crippen LogP contribution in [0.4, 0.5) is 0 Å². The average molecular weight is 230 g/mol. The number of nitrogens with one attached hydrogen (secondary N) is 1. The highest BCUT2D eigenvalue weighted by Crippen LogP contribution is 2.05.